The molecule has 1 aliphatic heterocycles. The lowest BCUT2D eigenvalue weighted by Gasteiger charge is -2.36. The van der Waals surface area contributed by atoms with Crippen LogP contribution < -0.4 is 5.32 Å². The molecule has 1 N–H and O–H groups in total. The van der Waals surface area contributed by atoms with E-state index in [1.54, 1.807) is 0 Å². The van der Waals surface area contributed by atoms with Crippen LogP contribution in [0.15, 0.2) is 42.5 Å². The van der Waals surface area contributed by atoms with Crippen LogP contribution >= 0.6 is 0 Å². The van der Waals surface area contributed by atoms with E-state index in [1.807, 2.05) is 24.3 Å². The highest BCUT2D eigenvalue weighted by atomic mass is 16.1. The minimum atomic E-state index is 0.104. The number of likely N-dealkylation sites (N-methyl/N-ethyl adjacent to an activating group) is 1. The summed E-state index contributed by atoms with van der Waals surface area (Å²) in [5, 5.41) is 5.47. The Labute approximate surface area is 144 Å². The number of carbonyl (C=O) groups is 1. The molecule has 24 heavy (non-hydrogen) atoms. The molecular weight excluding hydrogens is 298 g/mol. The molecule has 1 heterocycles. The van der Waals surface area contributed by atoms with E-state index in [9.17, 15) is 4.79 Å². The molecule has 4 nitrogen and oxygen atoms in total. The van der Waals surface area contributed by atoms with Gasteiger partial charge in [-0.3, -0.25) is 9.69 Å². The van der Waals surface area contributed by atoms with Crippen LogP contribution in [0.1, 0.15) is 12.5 Å². The zero-order valence-electron chi connectivity index (χ0n) is 14.7. The number of amides is 1. The Bertz CT molecular complexity index is 687. The van der Waals surface area contributed by atoms with Crippen molar-refractivity contribution in [1.82, 2.24) is 15.1 Å². The van der Waals surface area contributed by atoms with E-state index in [4.69, 9.17) is 0 Å². The number of benzene rings is 2. The summed E-state index contributed by atoms with van der Waals surface area (Å²) in [6.45, 7) is 7.28. The SMILES string of the molecule is C[C@H](CNC(=O)Cc1cccc2ccccc12)N1CCN(C)CC1. The highest BCUT2D eigenvalue weighted by Crippen LogP contribution is 2.18. The molecule has 0 radical (unpaired) electrons. The van der Waals surface area contributed by atoms with Gasteiger partial charge < -0.3 is 10.2 Å². The van der Waals surface area contributed by atoms with Crippen LogP contribution in [0.25, 0.3) is 10.8 Å². The molecule has 1 saturated heterocycles. The summed E-state index contributed by atoms with van der Waals surface area (Å²) in [5.74, 6) is 0.104. The first kappa shape index (κ1) is 16.9. The summed E-state index contributed by atoms with van der Waals surface area (Å²) in [6.07, 6.45) is 0.441. The summed E-state index contributed by atoms with van der Waals surface area (Å²) in [6, 6.07) is 14.8. The molecule has 1 amide bonds. The van der Waals surface area contributed by atoms with Gasteiger partial charge in [0.05, 0.1) is 6.42 Å². The molecule has 2 aromatic carbocycles. The third kappa shape index (κ3) is 4.13. The highest BCUT2D eigenvalue weighted by Gasteiger charge is 2.19. The molecule has 0 spiro atoms. The van der Waals surface area contributed by atoms with Crippen molar-refractivity contribution in [2.24, 2.45) is 0 Å². The van der Waals surface area contributed by atoms with E-state index in [1.165, 1.54) is 10.8 Å². The molecule has 0 unspecified atom stereocenters. The van der Waals surface area contributed by atoms with Crippen molar-refractivity contribution in [1.29, 1.82) is 0 Å². The summed E-state index contributed by atoms with van der Waals surface area (Å²) in [4.78, 5) is 17.2. The number of hydrogen-bond donors (Lipinski definition) is 1. The lowest BCUT2D eigenvalue weighted by Crippen LogP contribution is -2.51. The van der Waals surface area contributed by atoms with E-state index in [0.29, 0.717) is 19.0 Å². The molecule has 0 aromatic heterocycles. The van der Waals surface area contributed by atoms with Crippen LogP contribution in [0.2, 0.25) is 0 Å². The van der Waals surface area contributed by atoms with Crippen molar-refractivity contribution in [2.75, 3.05) is 39.8 Å². The van der Waals surface area contributed by atoms with Crippen LogP contribution in [0.5, 0.6) is 0 Å². The van der Waals surface area contributed by atoms with Gasteiger partial charge in [-0.2, -0.15) is 0 Å². The molecule has 0 saturated carbocycles. The molecule has 0 aliphatic carbocycles. The zero-order valence-corrected chi connectivity index (χ0v) is 14.7. The van der Waals surface area contributed by atoms with Crippen LogP contribution in [0.3, 0.4) is 0 Å². The van der Waals surface area contributed by atoms with Gasteiger partial charge in [-0.1, -0.05) is 42.5 Å². The topological polar surface area (TPSA) is 35.6 Å². The maximum Gasteiger partial charge on any atom is 0.224 e. The zero-order chi connectivity index (χ0) is 16.9. The lowest BCUT2D eigenvalue weighted by molar-refractivity contribution is -0.120. The fraction of sp³-hybridized carbons (Fsp3) is 0.450. The first-order chi connectivity index (χ1) is 11.6. The number of fused-ring (bicyclic) bond motifs is 1. The third-order valence-electron chi connectivity index (χ3n) is 4.99. The minimum Gasteiger partial charge on any atom is -0.354 e. The summed E-state index contributed by atoms with van der Waals surface area (Å²) in [5.41, 5.74) is 1.10. The number of carbonyl (C=O) groups excluding carboxylic acids is 1. The minimum absolute atomic E-state index is 0.104. The Morgan fingerprint density at radius 3 is 2.58 bits per heavy atom. The fourth-order valence-corrected chi connectivity index (χ4v) is 3.34. The molecule has 2 aromatic rings. The predicted molar refractivity (Wildman–Crippen MR) is 99.2 cm³/mol. The Morgan fingerprint density at radius 2 is 1.79 bits per heavy atom. The van der Waals surface area contributed by atoms with Gasteiger partial charge in [0.2, 0.25) is 5.91 Å². The number of piperazine rings is 1. The molecular formula is C20H27N3O. The first-order valence-corrected chi connectivity index (χ1v) is 8.79. The molecule has 1 atom stereocenters. The maximum absolute atomic E-state index is 12.4. The monoisotopic (exact) mass is 325 g/mol. The molecule has 3 rings (SSSR count). The van der Waals surface area contributed by atoms with Gasteiger partial charge in [0.1, 0.15) is 0 Å². The van der Waals surface area contributed by atoms with Gasteiger partial charge in [-0.05, 0) is 30.3 Å². The predicted octanol–water partition coefficient (Wildman–Crippen LogP) is 2.13. The van der Waals surface area contributed by atoms with Gasteiger partial charge in [0.15, 0.2) is 0 Å². The first-order valence-electron chi connectivity index (χ1n) is 8.79. The molecule has 1 fully saturated rings. The van der Waals surface area contributed by atoms with Gasteiger partial charge in [0.25, 0.3) is 0 Å². The quantitative estimate of drug-likeness (QED) is 0.915. The normalized spacial score (nSPS) is 17.8. The number of nitrogens with one attached hydrogen (secondary N) is 1. The lowest BCUT2D eigenvalue weighted by atomic mass is 10.0. The summed E-state index contributed by atoms with van der Waals surface area (Å²) < 4.78 is 0. The molecule has 1 aliphatic rings. The second-order valence-corrected chi connectivity index (χ2v) is 6.81. The van der Waals surface area contributed by atoms with Gasteiger partial charge in [-0.25, -0.2) is 0 Å². The second kappa shape index (κ2) is 7.77. The van der Waals surface area contributed by atoms with Crippen LogP contribution in [0, 0.1) is 0 Å². The van der Waals surface area contributed by atoms with Gasteiger partial charge in [-0.15, -0.1) is 0 Å². The fourth-order valence-electron chi connectivity index (χ4n) is 3.34. The van der Waals surface area contributed by atoms with E-state index < -0.39 is 0 Å². The maximum atomic E-state index is 12.4. The van der Waals surface area contributed by atoms with Crippen molar-refractivity contribution in [2.45, 2.75) is 19.4 Å². The Kier molecular flexibility index (Phi) is 5.48. The van der Waals surface area contributed by atoms with Crippen molar-refractivity contribution in [3.8, 4) is 0 Å². The molecule has 4 heteroatoms. The second-order valence-electron chi connectivity index (χ2n) is 6.81. The Hall–Kier alpha value is -1.91. The molecule has 128 valence electrons. The number of rotatable bonds is 5. The van der Waals surface area contributed by atoms with Crippen molar-refractivity contribution in [3.63, 3.8) is 0 Å². The Morgan fingerprint density at radius 1 is 1.08 bits per heavy atom. The van der Waals surface area contributed by atoms with Crippen LogP contribution in [-0.2, 0) is 11.2 Å². The average molecular weight is 325 g/mol. The summed E-state index contributed by atoms with van der Waals surface area (Å²) >= 11 is 0. The van der Waals surface area contributed by atoms with Gasteiger partial charge >= 0.3 is 0 Å². The van der Waals surface area contributed by atoms with Crippen molar-refractivity contribution in [3.05, 3.63) is 48.0 Å². The number of hydrogen-bond acceptors (Lipinski definition) is 3. The third-order valence-corrected chi connectivity index (χ3v) is 4.99. The van der Waals surface area contributed by atoms with Crippen molar-refractivity contribution < 1.29 is 4.79 Å². The van der Waals surface area contributed by atoms with Crippen molar-refractivity contribution >= 4 is 16.7 Å². The largest absolute Gasteiger partial charge is 0.354 e. The average Bonchev–Trinajstić information content (AvgIpc) is 2.61. The highest BCUT2D eigenvalue weighted by molar-refractivity contribution is 5.90. The number of nitrogens with zero attached hydrogens (tertiary/aromatic N) is 2. The van der Waals surface area contributed by atoms with Crippen LogP contribution in [0.4, 0.5) is 0 Å². The Balaban J connectivity index is 1.54. The molecule has 0 bridgehead atoms. The van der Waals surface area contributed by atoms with Gasteiger partial charge in [0, 0.05) is 38.8 Å². The van der Waals surface area contributed by atoms with Crippen LogP contribution in [-0.4, -0.2) is 61.5 Å². The summed E-state index contributed by atoms with van der Waals surface area (Å²) in [7, 11) is 2.16. The standard InChI is InChI=1S/C20H27N3O/c1-16(23-12-10-22(2)11-13-23)15-21-20(24)14-18-8-5-7-17-6-3-4-9-19(17)18/h3-9,16H,10-15H2,1-2H3,(H,21,24)/t16-/m1/s1. The van der Waals surface area contributed by atoms with E-state index in [-0.39, 0.29) is 5.91 Å². The van der Waals surface area contributed by atoms with E-state index in [2.05, 4.69) is 47.3 Å². The van der Waals surface area contributed by atoms with E-state index in [0.717, 1.165) is 31.7 Å². The smallest absolute Gasteiger partial charge is 0.224 e. The van der Waals surface area contributed by atoms with E-state index >= 15 is 0 Å².